The van der Waals surface area contributed by atoms with Crippen molar-refractivity contribution in [3.63, 3.8) is 0 Å². The van der Waals surface area contributed by atoms with Crippen molar-refractivity contribution < 1.29 is 9.47 Å². The van der Waals surface area contributed by atoms with Crippen molar-refractivity contribution in [1.82, 2.24) is 9.66 Å². The Morgan fingerprint density at radius 3 is 2.43 bits per heavy atom. The fraction of sp³-hybridized carbons (Fsp3) is 0.222. The molecule has 1 heterocycles. The van der Waals surface area contributed by atoms with Gasteiger partial charge in [0.1, 0.15) is 17.5 Å². The van der Waals surface area contributed by atoms with E-state index in [0.29, 0.717) is 48.3 Å². The predicted molar refractivity (Wildman–Crippen MR) is 157 cm³/mol. The van der Waals surface area contributed by atoms with Gasteiger partial charge in [-0.3, -0.25) is 4.79 Å². The predicted octanol–water partition coefficient (Wildman–Crippen LogP) is 8.00. The first-order valence-corrected chi connectivity index (χ1v) is 13.5. The van der Waals surface area contributed by atoms with Gasteiger partial charge in [-0.15, -0.1) is 0 Å². The summed E-state index contributed by atoms with van der Waals surface area (Å²) in [6.45, 7) is 6.21. The number of halogens is 4. The molecule has 10 heteroatoms. The Bertz CT molecular complexity index is 1560. The van der Waals surface area contributed by atoms with Crippen LogP contribution in [0.15, 0.2) is 67.4 Å². The van der Waals surface area contributed by atoms with Gasteiger partial charge in [-0.05, 0) is 57.9 Å². The maximum atomic E-state index is 13.4. The fourth-order valence-electron chi connectivity index (χ4n) is 3.58. The van der Waals surface area contributed by atoms with Crippen molar-refractivity contribution in [1.29, 1.82) is 0 Å². The smallest absolute Gasteiger partial charge is 0.282 e. The summed E-state index contributed by atoms with van der Waals surface area (Å²) in [5.41, 5.74) is 1.42. The molecule has 0 aliphatic rings. The Morgan fingerprint density at radius 2 is 1.78 bits per heavy atom. The topological polar surface area (TPSA) is 65.7 Å². The number of hydrogen-bond acceptors (Lipinski definition) is 5. The van der Waals surface area contributed by atoms with Crippen LogP contribution in [0, 0.1) is 0 Å². The molecule has 0 unspecified atom stereocenters. The zero-order valence-corrected chi connectivity index (χ0v) is 25.2. The third-order valence-corrected chi connectivity index (χ3v) is 7.65. The zero-order chi connectivity index (χ0) is 26.9. The highest BCUT2D eigenvalue weighted by Crippen LogP contribution is 2.42. The lowest BCUT2D eigenvalue weighted by Crippen LogP contribution is -2.29. The summed E-state index contributed by atoms with van der Waals surface area (Å²) >= 11 is 19.6. The number of methoxy groups -OCH3 is 1. The van der Waals surface area contributed by atoms with Crippen LogP contribution >= 0.6 is 55.1 Å². The quantitative estimate of drug-likeness (QED) is 0.196. The number of hydrogen-bond donors (Lipinski definition) is 0. The van der Waals surface area contributed by atoms with Gasteiger partial charge in [-0.25, -0.2) is 4.98 Å². The fourth-order valence-corrected chi connectivity index (χ4v) is 4.72. The van der Waals surface area contributed by atoms with Crippen molar-refractivity contribution >= 4 is 72.2 Å². The van der Waals surface area contributed by atoms with Crippen LogP contribution in [0.1, 0.15) is 37.7 Å². The molecule has 0 saturated carbocycles. The number of benzene rings is 3. The lowest BCUT2D eigenvalue weighted by Gasteiger charge is -2.21. The van der Waals surface area contributed by atoms with Crippen LogP contribution < -0.4 is 15.0 Å². The number of nitrogens with zero attached hydrogens (tertiary/aromatic N) is 3. The minimum absolute atomic E-state index is 0.274. The monoisotopic (exact) mass is 665 g/mol. The molecule has 192 valence electrons. The molecule has 4 aromatic rings. The molecule has 0 aliphatic carbocycles. The lowest BCUT2D eigenvalue weighted by molar-refractivity contribution is 0.284. The highest BCUT2D eigenvalue weighted by Gasteiger charge is 2.23. The van der Waals surface area contributed by atoms with E-state index in [1.54, 1.807) is 30.5 Å². The first-order valence-electron chi connectivity index (χ1n) is 11.2. The Hall–Kier alpha value is -2.39. The second-order valence-corrected chi connectivity index (χ2v) is 11.8. The molecule has 0 amide bonds. The molecule has 37 heavy (non-hydrogen) atoms. The van der Waals surface area contributed by atoms with Gasteiger partial charge in [0.05, 0.1) is 24.2 Å². The molecule has 4 rings (SSSR count). The molecule has 0 spiro atoms. The second-order valence-electron chi connectivity index (χ2n) is 9.25. The van der Waals surface area contributed by atoms with E-state index in [9.17, 15) is 4.79 Å². The summed E-state index contributed by atoms with van der Waals surface area (Å²) in [4.78, 5) is 18.2. The summed E-state index contributed by atoms with van der Waals surface area (Å²) in [5.74, 6) is 1.33. The van der Waals surface area contributed by atoms with Crippen molar-refractivity contribution in [2.75, 3.05) is 7.11 Å². The second kappa shape index (κ2) is 11.2. The number of aromatic nitrogens is 2. The van der Waals surface area contributed by atoms with E-state index >= 15 is 0 Å². The van der Waals surface area contributed by atoms with Gasteiger partial charge < -0.3 is 9.47 Å². The molecule has 0 aliphatic heterocycles. The van der Waals surface area contributed by atoms with Crippen LogP contribution in [0.3, 0.4) is 0 Å². The molecule has 0 N–H and O–H groups in total. The summed E-state index contributed by atoms with van der Waals surface area (Å²) in [6, 6.07) is 14.5. The molecule has 0 fully saturated rings. The van der Waals surface area contributed by atoms with Gasteiger partial charge in [0.25, 0.3) is 5.56 Å². The average molecular weight is 668 g/mol. The van der Waals surface area contributed by atoms with Crippen LogP contribution in [0.5, 0.6) is 11.5 Å². The first-order chi connectivity index (χ1) is 17.5. The van der Waals surface area contributed by atoms with E-state index in [1.165, 1.54) is 11.8 Å². The average Bonchev–Trinajstić information content (AvgIpc) is 2.85. The van der Waals surface area contributed by atoms with E-state index < -0.39 is 5.41 Å². The largest absolute Gasteiger partial charge is 0.493 e. The number of fused-ring (bicyclic) bond motifs is 1. The van der Waals surface area contributed by atoms with Gasteiger partial charge in [-0.1, -0.05) is 72.0 Å². The van der Waals surface area contributed by atoms with Crippen molar-refractivity contribution in [2.24, 2.45) is 5.10 Å². The molecule has 1 aromatic heterocycles. The third kappa shape index (κ3) is 6.03. The SMILES string of the molecule is COc1cc(C=Nn2c(C(C)(C)C)nc3ccc(Br)cc3c2=O)c(Br)c(Cl)c1OCc1ccc(Cl)cc1. The Morgan fingerprint density at radius 1 is 1.08 bits per heavy atom. The number of rotatable bonds is 6. The van der Waals surface area contributed by atoms with Crippen LogP contribution in [-0.2, 0) is 12.0 Å². The van der Waals surface area contributed by atoms with Gasteiger partial charge in [0.2, 0.25) is 0 Å². The lowest BCUT2D eigenvalue weighted by atomic mass is 9.95. The van der Waals surface area contributed by atoms with Gasteiger partial charge in [0, 0.05) is 24.9 Å². The maximum absolute atomic E-state index is 13.4. The molecule has 0 atom stereocenters. The standard InChI is InChI=1S/C27H23Br2Cl2N3O3/c1-27(2,3)26-33-20-10-7-17(28)12-19(20)25(35)34(26)32-13-16-11-21(36-4)24(23(31)22(16)29)37-14-15-5-8-18(30)9-6-15/h5-13H,14H2,1-4H3. The van der Waals surface area contributed by atoms with Crippen LogP contribution in [0.25, 0.3) is 10.9 Å². The van der Waals surface area contributed by atoms with Crippen molar-refractivity contribution in [3.8, 4) is 11.5 Å². The molecule has 6 nitrogen and oxygen atoms in total. The van der Waals surface area contributed by atoms with Crippen LogP contribution in [0.2, 0.25) is 10.0 Å². The third-order valence-electron chi connectivity index (χ3n) is 5.46. The molecule has 0 saturated heterocycles. The van der Waals surface area contributed by atoms with Crippen LogP contribution in [0.4, 0.5) is 0 Å². The summed E-state index contributed by atoms with van der Waals surface area (Å²) < 4.78 is 14.2. The molecule has 0 bridgehead atoms. The van der Waals surface area contributed by atoms with Crippen LogP contribution in [-0.4, -0.2) is 23.0 Å². The molecular formula is C27H23Br2Cl2N3O3. The van der Waals surface area contributed by atoms with E-state index in [2.05, 4.69) is 37.0 Å². The highest BCUT2D eigenvalue weighted by atomic mass is 79.9. The molecular weight excluding hydrogens is 645 g/mol. The minimum Gasteiger partial charge on any atom is -0.493 e. The highest BCUT2D eigenvalue weighted by molar-refractivity contribution is 9.10. The Balaban J connectivity index is 1.76. The van der Waals surface area contributed by atoms with E-state index in [0.717, 1.165) is 10.0 Å². The van der Waals surface area contributed by atoms with E-state index in [1.807, 2.05) is 45.0 Å². The Kier molecular flexibility index (Phi) is 8.33. The molecule has 3 aromatic carbocycles. The van der Waals surface area contributed by atoms with Gasteiger partial charge >= 0.3 is 0 Å². The Labute approximate surface area is 241 Å². The normalized spacial score (nSPS) is 11.9. The van der Waals surface area contributed by atoms with Gasteiger partial charge in [0.15, 0.2) is 11.5 Å². The summed E-state index contributed by atoms with van der Waals surface area (Å²) in [5, 5.41) is 5.96. The molecule has 0 radical (unpaired) electrons. The van der Waals surface area contributed by atoms with Crippen molar-refractivity contribution in [3.05, 3.63) is 94.8 Å². The number of ether oxygens (including phenoxy) is 2. The summed E-state index contributed by atoms with van der Waals surface area (Å²) in [6.07, 6.45) is 1.55. The summed E-state index contributed by atoms with van der Waals surface area (Å²) in [7, 11) is 1.53. The van der Waals surface area contributed by atoms with Crippen molar-refractivity contribution in [2.45, 2.75) is 32.8 Å². The minimum atomic E-state index is -0.441. The van der Waals surface area contributed by atoms with Gasteiger partial charge in [-0.2, -0.15) is 9.78 Å². The zero-order valence-electron chi connectivity index (χ0n) is 20.5. The first kappa shape index (κ1) is 27.6. The van der Waals surface area contributed by atoms with E-state index in [-0.39, 0.29) is 12.2 Å². The van der Waals surface area contributed by atoms with E-state index in [4.69, 9.17) is 37.7 Å². The maximum Gasteiger partial charge on any atom is 0.282 e.